The highest BCUT2D eigenvalue weighted by molar-refractivity contribution is 6.33. The molecule has 0 unspecified atom stereocenters. The molecule has 0 bridgehead atoms. The number of benzene rings is 1. The standard InChI is InChI=1S/C20H22ClF3N4O5/c1-9(2)15(26-12-6-5-10(7-11(12)21)20(22,23)24)18(31)33-8-13(29)14-16(25)27(3)19(32)28(4)17(14)30/h5-7,9,15,26H,8,25H2,1-4H3/t15-/m0/s1. The maximum absolute atomic E-state index is 12.8. The zero-order valence-corrected chi connectivity index (χ0v) is 18.9. The highest BCUT2D eigenvalue weighted by atomic mass is 35.5. The molecule has 1 aromatic carbocycles. The van der Waals surface area contributed by atoms with Crippen LogP contribution >= 0.6 is 11.6 Å². The number of nitrogen functional groups attached to an aromatic ring is 1. The quantitative estimate of drug-likeness (QED) is 0.450. The van der Waals surface area contributed by atoms with Crippen molar-refractivity contribution in [2.24, 2.45) is 20.0 Å². The Morgan fingerprint density at radius 1 is 1.18 bits per heavy atom. The van der Waals surface area contributed by atoms with E-state index in [2.05, 4.69) is 5.32 Å². The number of carbonyl (C=O) groups excluding carboxylic acids is 2. The fourth-order valence-corrected chi connectivity index (χ4v) is 3.13. The van der Waals surface area contributed by atoms with Gasteiger partial charge in [0.15, 0.2) is 6.61 Å². The lowest BCUT2D eigenvalue weighted by atomic mass is 10.0. The largest absolute Gasteiger partial charge is 0.456 e. The lowest BCUT2D eigenvalue weighted by molar-refractivity contribution is -0.144. The van der Waals surface area contributed by atoms with Crippen molar-refractivity contribution in [1.29, 1.82) is 0 Å². The highest BCUT2D eigenvalue weighted by Crippen LogP contribution is 2.34. The summed E-state index contributed by atoms with van der Waals surface area (Å²) in [5.74, 6) is -2.62. The van der Waals surface area contributed by atoms with E-state index in [0.29, 0.717) is 10.6 Å². The van der Waals surface area contributed by atoms with Crippen molar-refractivity contribution >= 4 is 34.9 Å². The van der Waals surface area contributed by atoms with Gasteiger partial charge in [-0.2, -0.15) is 13.2 Å². The molecule has 1 aromatic heterocycles. The van der Waals surface area contributed by atoms with Gasteiger partial charge in [-0.15, -0.1) is 0 Å². The lowest BCUT2D eigenvalue weighted by Crippen LogP contribution is -2.42. The number of nitrogens with one attached hydrogen (secondary N) is 1. The summed E-state index contributed by atoms with van der Waals surface area (Å²) in [7, 11) is 2.44. The SMILES string of the molecule is CC(C)[C@H](Nc1ccc(C(F)(F)F)cc1Cl)C(=O)OCC(=O)c1c(N)n(C)c(=O)n(C)c1=O. The molecule has 0 aliphatic carbocycles. The van der Waals surface area contributed by atoms with E-state index in [1.54, 1.807) is 13.8 Å². The fourth-order valence-electron chi connectivity index (χ4n) is 2.89. The van der Waals surface area contributed by atoms with Crippen molar-refractivity contribution in [3.05, 3.63) is 55.2 Å². The first-order chi connectivity index (χ1) is 15.2. The molecular formula is C20H22ClF3N4O5. The first-order valence-corrected chi connectivity index (χ1v) is 9.93. The number of Topliss-reactive ketones (excluding diaryl/α,β-unsaturated/α-hetero) is 1. The minimum Gasteiger partial charge on any atom is -0.456 e. The second-order valence-electron chi connectivity index (χ2n) is 7.56. The van der Waals surface area contributed by atoms with E-state index in [4.69, 9.17) is 22.1 Å². The number of esters is 1. The van der Waals surface area contributed by atoms with E-state index in [-0.39, 0.29) is 16.5 Å². The van der Waals surface area contributed by atoms with E-state index < -0.39 is 58.9 Å². The number of aromatic nitrogens is 2. The molecule has 0 fully saturated rings. The summed E-state index contributed by atoms with van der Waals surface area (Å²) >= 11 is 5.93. The average Bonchev–Trinajstić information content (AvgIpc) is 2.72. The van der Waals surface area contributed by atoms with Crippen molar-refractivity contribution in [2.45, 2.75) is 26.1 Å². The van der Waals surface area contributed by atoms with E-state index in [0.717, 1.165) is 16.7 Å². The van der Waals surface area contributed by atoms with Crippen LogP contribution in [-0.2, 0) is 29.8 Å². The number of hydrogen-bond donors (Lipinski definition) is 2. The van der Waals surface area contributed by atoms with Crippen LogP contribution in [0.1, 0.15) is 29.8 Å². The number of anilines is 2. The fraction of sp³-hybridized carbons (Fsp3) is 0.400. The van der Waals surface area contributed by atoms with Gasteiger partial charge in [0.1, 0.15) is 17.4 Å². The number of nitrogens with zero attached hydrogens (tertiary/aromatic N) is 2. The van der Waals surface area contributed by atoms with Crippen LogP contribution in [0.5, 0.6) is 0 Å². The van der Waals surface area contributed by atoms with E-state index >= 15 is 0 Å². The summed E-state index contributed by atoms with van der Waals surface area (Å²) in [6.45, 7) is 2.43. The summed E-state index contributed by atoms with van der Waals surface area (Å²) < 4.78 is 45.1. The third-order valence-electron chi connectivity index (χ3n) is 4.86. The molecule has 1 heterocycles. The molecule has 3 N–H and O–H groups in total. The average molecular weight is 491 g/mol. The minimum absolute atomic E-state index is 0.0582. The number of alkyl halides is 3. The van der Waals surface area contributed by atoms with Gasteiger partial charge >= 0.3 is 17.8 Å². The molecule has 9 nitrogen and oxygen atoms in total. The Morgan fingerprint density at radius 2 is 1.79 bits per heavy atom. The van der Waals surface area contributed by atoms with Crippen LogP contribution in [0.2, 0.25) is 5.02 Å². The zero-order chi connectivity index (χ0) is 25.2. The molecule has 0 radical (unpaired) electrons. The molecular weight excluding hydrogens is 469 g/mol. The topological polar surface area (TPSA) is 125 Å². The third-order valence-corrected chi connectivity index (χ3v) is 5.17. The smallest absolute Gasteiger partial charge is 0.416 e. The van der Waals surface area contributed by atoms with Crippen LogP contribution < -0.4 is 22.3 Å². The number of ketones is 1. The first kappa shape index (κ1) is 26.0. The van der Waals surface area contributed by atoms with Crippen molar-refractivity contribution in [3.8, 4) is 0 Å². The van der Waals surface area contributed by atoms with Crippen molar-refractivity contribution in [2.75, 3.05) is 17.7 Å². The molecule has 2 rings (SSSR count). The molecule has 0 saturated heterocycles. The summed E-state index contributed by atoms with van der Waals surface area (Å²) in [6.07, 6.45) is -4.58. The van der Waals surface area contributed by atoms with Crippen LogP contribution in [0.25, 0.3) is 0 Å². The van der Waals surface area contributed by atoms with Gasteiger partial charge in [0, 0.05) is 14.1 Å². The second-order valence-corrected chi connectivity index (χ2v) is 7.96. The first-order valence-electron chi connectivity index (χ1n) is 9.55. The zero-order valence-electron chi connectivity index (χ0n) is 18.1. The number of rotatable bonds is 7. The number of ether oxygens (including phenoxy) is 1. The Labute approximate surface area is 190 Å². The molecule has 13 heteroatoms. The molecule has 180 valence electrons. The molecule has 33 heavy (non-hydrogen) atoms. The predicted octanol–water partition coefficient (Wildman–Crippen LogP) is 2.20. The molecule has 0 saturated carbocycles. The molecule has 1 atom stereocenters. The predicted molar refractivity (Wildman–Crippen MR) is 115 cm³/mol. The number of carbonyl (C=O) groups is 2. The van der Waals surface area contributed by atoms with Gasteiger partial charge in [-0.1, -0.05) is 25.4 Å². The summed E-state index contributed by atoms with van der Waals surface area (Å²) in [5.41, 5.74) is 2.64. The van der Waals surface area contributed by atoms with Crippen molar-refractivity contribution in [1.82, 2.24) is 9.13 Å². The van der Waals surface area contributed by atoms with Gasteiger partial charge < -0.3 is 15.8 Å². The van der Waals surface area contributed by atoms with Gasteiger partial charge in [0.25, 0.3) is 5.56 Å². The van der Waals surface area contributed by atoms with Gasteiger partial charge in [0.2, 0.25) is 5.78 Å². The Morgan fingerprint density at radius 3 is 2.30 bits per heavy atom. The van der Waals surface area contributed by atoms with Crippen molar-refractivity contribution < 1.29 is 27.5 Å². The molecule has 0 amide bonds. The lowest BCUT2D eigenvalue weighted by Gasteiger charge is -2.23. The van der Waals surface area contributed by atoms with Gasteiger partial charge in [0.05, 0.1) is 16.3 Å². The van der Waals surface area contributed by atoms with E-state index in [1.807, 2.05) is 0 Å². The maximum atomic E-state index is 12.8. The molecule has 0 aliphatic rings. The second kappa shape index (κ2) is 9.69. The Kier molecular flexibility index (Phi) is 7.63. The summed E-state index contributed by atoms with van der Waals surface area (Å²) in [4.78, 5) is 49.2. The molecule has 0 aliphatic heterocycles. The van der Waals surface area contributed by atoms with Gasteiger partial charge in [-0.05, 0) is 24.1 Å². The van der Waals surface area contributed by atoms with Gasteiger partial charge in [-0.3, -0.25) is 18.7 Å². The Bertz CT molecular complexity index is 1200. The monoisotopic (exact) mass is 490 g/mol. The van der Waals surface area contributed by atoms with Crippen molar-refractivity contribution in [3.63, 3.8) is 0 Å². The summed E-state index contributed by atoms with van der Waals surface area (Å²) in [6, 6.07) is 1.52. The number of halogens is 4. The summed E-state index contributed by atoms with van der Waals surface area (Å²) in [5, 5.41) is 2.45. The number of nitrogens with two attached hydrogens (primary N) is 1. The molecule has 0 spiro atoms. The molecule has 2 aromatic rings. The van der Waals surface area contributed by atoms with Gasteiger partial charge in [-0.25, -0.2) is 9.59 Å². The van der Waals surface area contributed by atoms with Crippen LogP contribution in [0, 0.1) is 5.92 Å². The van der Waals surface area contributed by atoms with Crippen LogP contribution in [0.15, 0.2) is 27.8 Å². The Balaban J connectivity index is 2.20. The third kappa shape index (κ3) is 5.56. The van der Waals surface area contributed by atoms with E-state index in [1.165, 1.54) is 14.1 Å². The van der Waals surface area contributed by atoms with Crippen LogP contribution in [0.3, 0.4) is 0 Å². The van der Waals surface area contributed by atoms with Crippen LogP contribution in [-0.4, -0.2) is 33.5 Å². The number of hydrogen-bond acceptors (Lipinski definition) is 7. The van der Waals surface area contributed by atoms with Crippen LogP contribution in [0.4, 0.5) is 24.7 Å². The normalized spacial score (nSPS) is 12.5. The van der Waals surface area contributed by atoms with E-state index in [9.17, 15) is 32.3 Å². The maximum Gasteiger partial charge on any atom is 0.416 e. The highest BCUT2D eigenvalue weighted by Gasteiger charge is 2.32. The Hall–Kier alpha value is -3.28. The minimum atomic E-state index is -4.58.